The van der Waals surface area contributed by atoms with E-state index >= 15 is 0 Å². The third-order valence-corrected chi connectivity index (χ3v) is 2.67. The maximum Gasteiger partial charge on any atom is 0.304 e. The van der Waals surface area contributed by atoms with Crippen LogP contribution in [0, 0.1) is 0 Å². The zero-order chi connectivity index (χ0) is 10.9. The molecular formula is C10H18N2O2S. The average Bonchev–Trinajstić information content (AvgIpc) is 2.63. The highest BCUT2D eigenvalue weighted by Crippen LogP contribution is 1.94. The van der Waals surface area contributed by atoms with E-state index in [1.165, 1.54) is 17.8 Å². The van der Waals surface area contributed by atoms with Gasteiger partial charge in [0, 0.05) is 30.8 Å². The van der Waals surface area contributed by atoms with E-state index in [1.807, 2.05) is 5.38 Å². The Balaban J connectivity index is 1.95. The van der Waals surface area contributed by atoms with Crippen molar-refractivity contribution < 1.29 is 4.74 Å². The summed E-state index contributed by atoms with van der Waals surface area (Å²) in [6.45, 7) is 5.24. The number of ether oxygens (including phenoxy) is 1. The minimum atomic E-state index is 0.00555. The van der Waals surface area contributed by atoms with Gasteiger partial charge < -0.3 is 15.0 Å². The van der Waals surface area contributed by atoms with Gasteiger partial charge in [-0.1, -0.05) is 24.7 Å². The Morgan fingerprint density at radius 1 is 1.53 bits per heavy atom. The highest BCUT2D eigenvalue weighted by molar-refractivity contribution is 7.07. The molecule has 1 aromatic heterocycles. The molecule has 0 unspecified atom stereocenters. The predicted octanol–water partition coefficient (Wildman–Crippen LogP) is 1.34. The van der Waals surface area contributed by atoms with Crippen molar-refractivity contribution in [3.63, 3.8) is 0 Å². The van der Waals surface area contributed by atoms with Gasteiger partial charge in [-0.05, 0) is 6.42 Å². The summed E-state index contributed by atoms with van der Waals surface area (Å²) in [5.41, 5.74) is 0.943. The fourth-order valence-corrected chi connectivity index (χ4v) is 1.70. The zero-order valence-corrected chi connectivity index (χ0v) is 9.86. The van der Waals surface area contributed by atoms with Gasteiger partial charge in [-0.2, -0.15) is 0 Å². The normalized spacial score (nSPS) is 10.7. The van der Waals surface area contributed by atoms with E-state index in [1.54, 1.807) is 0 Å². The summed E-state index contributed by atoms with van der Waals surface area (Å²) in [6, 6.07) is 0. The molecule has 0 saturated carbocycles. The number of nitrogens with one attached hydrogen (secondary N) is 2. The van der Waals surface area contributed by atoms with Crippen LogP contribution in [0.4, 0.5) is 0 Å². The van der Waals surface area contributed by atoms with E-state index in [-0.39, 0.29) is 4.87 Å². The molecule has 0 bridgehead atoms. The molecular weight excluding hydrogens is 212 g/mol. The first kappa shape index (κ1) is 12.4. The summed E-state index contributed by atoms with van der Waals surface area (Å²) >= 11 is 1.20. The maximum absolute atomic E-state index is 10.8. The van der Waals surface area contributed by atoms with Crippen molar-refractivity contribution in [1.29, 1.82) is 0 Å². The molecule has 0 amide bonds. The molecule has 0 saturated heterocycles. The summed E-state index contributed by atoms with van der Waals surface area (Å²) in [4.78, 5) is 13.6. The molecule has 86 valence electrons. The fraction of sp³-hybridized carbons (Fsp3) is 0.700. The summed E-state index contributed by atoms with van der Waals surface area (Å²) in [7, 11) is 0. The molecule has 2 N–H and O–H groups in total. The Hall–Kier alpha value is -0.650. The summed E-state index contributed by atoms with van der Waals surface area (Å²) in [6.07, 6.45) is 2.29. The van der Waals surface area contributed by atoms with Gasteiger partial charge in [0.25, 0.3) is 0 Å². The average molecular weight is 230 g/mol. The van der Waals surface area contributed by atoms with Crippen molar-refractivity contribution in [3.05, 3.63) is 20.7 Å². The molecule has 0 aliphatic heterocycles. The molecule has 0 atom stereocenters. The van der Waals surface area contributed by atoms with E-state index in [0.29, 0.717) is 6.54 Å². The SMILES string of the molecule is CCCCOCCNCc1csc(=O)[nH]1. The Morgan fingerprint density at radius 2 is 2.40 bits per heavy atom. The fourth-order valence-electron chi connectivity index (χ4n) is 1.12. The molecule has 0 radical (unpaired) electrons. The number of hydrogen-bond acceptors (Lipinski definition) is 4. The molecule has 4 nitrogen and oxygen atoms in total. The van der Waals surface area contributed by atoms with Gasteiger partial charge in [0.1, 0.15) is 0 Å². The summed E-state index contributed by atoms with van der Waals surface area (Å²) in [5.74, 6) is 0. The smallest absolute Gasteiger partial charge is 0.304 e. The van der Waals surface area contributed by atoms with Crippen LogP contribution in [0.5, 0.6) is 0 Å². The highest BCUT2D eigenvalue weighted by Gasteiger charge is 1.95. The number of H-pyrrole nitrogens is 1. The third-order valence-electron chi connectivity index (χ3n) is 1.95. The molecule has 5 heteroatoms. The van der Waals surface area contributed by atoms with Gasteiger partial charge in [0.15, 0.2) is 0 Å². The molecule has 0 fully saturated rings. The van der Waals surface area contributed by atoms with Crippen LogP contribution in [0.3, 0.4) is 0 Å². The molecule has 0 aromatic carbocycles. The lowest BCUT2D eigenvalue weighted by Gasteiger charge is -2.04. The lowest BCUT2D eigenvalue weighted by Crippen LogP contribution is -2.20. The molecule has 0 spiro atoms. The third kappa shape index (κ3) is 5.71. The summed E-state index contributed by atoms with van der Waals surface area (Å²) < 4.78 is 5.39. The monoisotopic (exact) mass is 230 g/mol. The van der Waals surface area contributed by atoms with Gasteiger partial charge in [-0.3, -0.25) is 4.79 Å². The number of aromatic nitrogens is 1. The number of thiazole rings is 1. The highest BCUT2D eigenvalue weighted by atomic mass is 32.1. The van der Waals surface area contributed by atoms with Crippen molar-refractivity contribution in [2.45, 2.75) is 26.3 Å². The largest absolute Gasteiger partial charge is 0.380 e. The molecule has 1 aromatic rings. The minimum absolute atomic E-state index is 0.00555. The Kier molecular flexibility index (Phi) is 6.31. The maximum atomic E-state index is 10.8. The van der Waals surface area contributed by atoms with Crippen LogP contribution in [-0.2, 0) is 11.3 Å². The van der Waals surface area contributed by atoms with Crippen molar-refractivity contribution >= 4 is 11.3 Å². The standard InChI is InChI=1S/C10H18N2O2S/c1-2-3-5-14-6-4-11-7-9-8-15-10(13)12-9/h8,11H,2-7H2,1H3,(H,12,13). The topological polar surface area (TPSA) is 54.1 Å². The minimum Gasteiger partial charge on any atom is -0.380 e. The van der Waals surface area contributed by atoms with E-state index in [4.69, 9.17) is 4.74 Å². The van der Waals surface area contributed by atoms with Crippen molar-refractivity contribution in [1.82, 2.24) is 10.3 Å². The Bertz CT molecular complexity index is 308. The van der Waals surface area contributed by atoms with E-state index < -0.39 is 0 Å². The first-order valence-electron chi connectivity index (χ1n) is 5.28. The van der Waals surface area contributed by atoms with Crippen LogP contribution in [0.25, 0.3) is 0 Å². The Morgan fingerprint density at radius 3 is 3.07 bits per heavy atom. The lowest BCUT2D eigenvalue weighted by molar-refractivity contribution is 0.133. The molecule has 0 aliphatic rings. The van der Waals surface area contributed by atoms with E-state index in [2.05, 4.69) is 17.2 Å². The van der Waals surface area contributed by atoms with Gasteiger partial charge in [0.2, 0.25) is 0 Å². The van der Waals surface area contributed by atoms with Crippen LogP contribution in [-0.4, -0.2) is 24.7 Å². The molecule has 1 heterocycles. The van der Waals surface area contributed by atoms with Gasteiger partial charge in [-0.15, -0.1) is 0 Å². The van der Waals surface area contributed by atoms with Crippen molar-refractivity contribution in [2.75, 3.05) is 19.8 Å². The number of aromatic amines is 1. The van der Waals surface area contributed by atoms with Gasteiger partial charge in [-0.25, -0.2) is 0 Å². The van der Waals surface area contributed by atoms with Crippen LogP contribution in [0.2, 0.25) is 0 Å². The van der Waals surface area contributed by atoms with Gasteiger partial charge in [0.05, 0.1) is 6.61 Å². The second-order valence-electron chi connectivity index (χ2n) is 3.32. The number of rotatable bonds is 8. The van der Waals surface area contributed by atoms with Crippen molar-refractivity contribution in [2.24, 2.45) is 0 Å². The van der Waals surface area contributed by atoms with Crippen LogP contribution in [0.1, 0.15) is 25.5 Å². The first-order valence-corrected chi connectivity index (χ1v) is 6.16. The number of unbranched alkanes of at least 4 members (excludes halogenated alkanes) is 1. The van der Waals surface area contributed by atoms with Crippen molar-refractivity contribution in [3.8, 4) is 0 Å². The second-order valence-corrected chi connectivity index (χ2v) is 4.16. The molecule has 1 rings (SSSR count). The number of hydrogen-bond donors (Lipinski definition) is 2. The summed E-state index contributed by atoms with van der Waals surface area (Å²) in [5, 5.41) is 5.04. The molecule has 0 aliphatic carbocycles. The zero-order valence-electron chi connectivity index (χ0n) is 9.04. The van der Waals surface area contributed by atoms with Crippen LogP contribution in [0.15, 0.2) is 10.2 Å². The Labute approximate surface area is 93.7 Å². The second kappa shape index (κ2) is 7.62. The van der Waals surface area contributed by atoms with E-state index in [9.17, 15) is 4.79 Å². The quantitative estimate of drug-likeness (QED) is 0.663. The van der Waals surface area contributed by atoms with E-state index in [0.717, 1.165) is 31.9 Å². The first-order chi connectivity index (χ1) is 7.33. The van der Waals surface area contributed by atoms with Gasteiger partial charge >= 0.3 is 4.87 Å². The van der Waals surface area contributed by atoms with Crippen LogP contribution >= 0.6 is 11.3 Å². The molecule has 15 heavy (non-hydrogen) atoms. The lowest BCUT2D eigenvalue weighted by atomic mass is 10.4. The predicted molar refractivity (Wildman–Crippen MR) is 62.4 cm³/mol. The van der Waals surface area contributed by atoms with Crippen LogP contribution < -0.4 is 10.2 Å².